The van der Waals surface area contributed by atoms with Crippen LogP contribution in [0.1, 0.15) is 5.56 Å². The van der Waals surface area contributed by atoms with Crippen molar-refractivity contribution in [2.75, 3.05) is 11.1 Å². The number of benzene rings is 3. The summed E-state index contributed by atoms with van der Waals surface area (Å²) in [6.07, 6.45) is 0. The van der Waals surface area contributed by atoms with E-state index in [9.17, 15) is 4.79 Å². The van der Waals surface area contributed by atoms with Gasteiger partial charge in [-0.25, -0.2) is 4.98 Å². The van der Waals surface area contributed by atoms with Gasteiger partial charge < -0.3 is 5.32 Å². The van der Waals surface area contributed by atoms with Gasteiger partial charge in [0.1, 0.15) is 0 Å². The molecular formula is C24H20N2OS2. The SMILES string of the molecule is Cc1ccc(SCC(=O)Nc2nc(-c3ccc(-c4ccccc4)cc3)cs2)cc1. The standard InChI is InChI=1S/C24H20N2OS2/c1-17-7-13-21(14-8-17)28-16-23(27)26-24-25-22(15-29-24)20-11-9-19(10-12-20)18-5-3-2-4-6-18/h2-15H,16H2,1H3,(H,25,26,27). The normalized spacial score (nSPS) is 10.7. The number of aromatic nitrogens is 1. The van der Waals surface area contributed by atoms with Crippen LogP contribution in [0.15, 0.2) is 89.1 Å². The summed E-state index contributed by atoms with van der Waals surface area (Å²) in [6, 6.07) is 26.8. The van der Waals surface area contributed by atoms with Crippen LogP contribution in [0.5, 0.6) is 0 Å². The highest BCUT2D eigenvalue weighted by molar-refractivity contribution is 8.00. The van der Waals surface area contributed by atoms with E-state index in [0.29, 0.717) is 10.9 Å². The van der Waals surface area contributed by atoms with Gasteiger partial charge >= 0.3 is 0 Å². The lowest BCUT2D eigenvalue weighted by Gasteiger charge is -2.03. The number of anilines is 1. The highest BCUT2D eigenvalue weighted by Gasteiger charge is 2.09. The Labute approximate surface area is 178 Å². The van der Waals surface area contributed by atoms with Crippen LogP contribution in [0.2, 0.25) is 0 Å². The van der Waals surface area contributed by atoms with Gasteiger partial charge in [-0.1, -0.05) is 72.3 Å². The summed E-state index contributed by atoms with van der Waals surface area (Å²) in [5.41, 5.74) is 5.49. The van der Waals surface area contributed by atoms with Crippen LogP contribution in [0.4, 0.5) is 5.13 Å². The molecule has 0 radical (unpaired) electrons. The molecule has 0 atom stereocenters. The zero-order valence-corrected chi connectivity index (χ0v) is 17.6. The predicted molar refractivity (Wildman–Crippen MR) is 124 cm³/mol. The third kappa shape index (κ3) is 5.13. The molecule has 0 aliphatic carbocycles. The van der Waals surface area contributed by atoms with Gasteiger partial charge in [-0.05, 0) is 30.2 Å². The number of amides is 1. The van der Waals surface area contributed by atoms with E-state index in [2.05, 4.69) is 65.8 Å². The predicted octanol–water partition coefficient (Wildman–Crippen LogP) is 6.52. The first-order valence-electron chi connectivity index (χ1n) is 9.28. The molecule has 3 aromatic carbocycles. The number of thiazole rings is 1. The lowest BCUT2D eigenvalue weighted by Crippen LogP contribution is -2.13. The number of hydrogen-bond acceptors (Lipinski definition) is 4. The zero-order chi connectivity index (χ0) is 20.1. The van der Waals surface area contributed by atoms with Crippen molar-refractivity contribution in [3.8, 4) is 22.4 Å². The van der Waals surface area contributed by atoms with E-state index < -0.39 is 0 Å². The Kier molecular flexibility index (Phi) is 6.08. The highest BCUT2D eigenvalue weighted by atomic mass is 32.2. The molecule has 5 heteroatoms. The maximum Gasteiger partial charge on any atom is 0.236 e. The molecule has 3 nitrogen and oxygen atoms in total. The molecule has 1 heterocycles. The first-order chi connectivity index (χ1) is 14.2. The van der Waals surface area contributed by atoms with E-state index >= 15 is 0 Å². The number of nitrogens with zero attached hydrogens (tertiary/aromatic N) is 1. The molecule has 0 spiro atoms. The summed E-state index contributed by atoms with van der Waals surface area (Å²) in [7, 11) is 0. The number of carbonyl (C=O) groups is 1. The smallest absolute Gasteiger partial charge is 0.236 e. The Hall–Kier alpha value is -2.89. The van der Waals surface area contributed by atoms with Crippen LogP contribution in [0.3, 0.4) is 0 Å². The van der Waals surface area contributed by atoms with Gasteiger partial charge in [0, 0.05) is 15.8 Å². The molecule has 29 heavy (non-hydrogen) atoms. The van der Waals surface area contributed by atoms with Crippen molar-refractivity contribution >= 4 is 34.1 Å². The van der Waals surface area contributed by atoms with Crippen LogP contribution in [-0.4, -0.2) is 16.6 Å². The molecular weight excluding hydrogens is 396 g/mol. The van der Waals surface area contributed by atoms with E-state index in [-0.39, 0.29) is 5.91 Å². The first-order valence-corrected chi connectivity index (χ1v) is 11.1. The molecule has 1 amide bonds. The summed E-state index contributed by atoms with van der Waals surface area (Å²) in [6.45, 7) is 2.05. The van der Waals surface area contributed by atoms with Crippen LogP contribution < -0.4 is 5.32 Å². The number of nitrogens with one attached hydrogen (secondary N) is 1. The fraction of sp³-hybridized carbons (Fsp3) is 0.0833. The minimum absolute atomic E-state index is 0.0455. The van der Waals surface area contributed by atoms with Crippen LogP contribution >= 0.6 is 23.1 Å². The second kappa shape index (κ2) is 9.07. The van der Waals surface area contributed by atoms with Crippen molar-refractivity contribution in [1.82, 2.24) is 4.98 Å². The molecule has 144 valence electrons. The molecule has 0 unspecified atom stereocenters. The molecule has 4 rings (SSSR count). The quantitative estimate of drug-likeness (QED) is 0.364. The molecule has 0 aliphatic rings. The molecule has 0 saturated carbocycles. The number of rotatable bonds is 6. The van der Waals surface area contributed by atoms with Crippen molar-refractivity contribution in [1.29, 1.82) is 0 Å². The summed E-state index contributed by atoms with van der Waals surface area (Å²) < 4.78 is 0. The monoisotopic (exact) mass is 416 g/mol. The fourth-order valence-corrected chi connectivity index (χ4v) is 4.30. The Morgan fingerprint density at radius 2 is 1.55 bits per heavy atom. The number of hydrogen-bond donors (Lipinski definition) is 1. The van der Waals surface area contributed by atoms with Crippen molar-refractivity contribution in [3.05, 3.63) is 89.8 Å². The van der Waals surface area contributed by atoms with Crippen LogP contribution in [-0.2, 0) is 4.79 Å². The van der Waals surface area contributed by atoms with Crippen molar-refractivity contribution in [3.63, 3.8) is 0 Å². The van der Waals surface area contributed by atoms with Gasteiger partial charge in [-0.3, -0.25) is 4.79 Å². The second-order valence-corrected chi connectivity index (χ2v) is 8.54. The summed E-state index contributed by atoms with van der Waals surface area (Å²) >= 11 is 2.97. The minimum atomic E-state index is -0.0455. The third-order valence-corrected chi connectivity index (χ3v) is 6.20. The highest BCUT2D eigenvalue weighted by Crippen LogP contribution is 2.28. The Morgan fingerprint density at radius 1 is 0.897 bits per heavy atom. The maximum absolute atomic E-state index is 12.2. The second-order valence-electron chi connectivity index (χ2n) is 6.63. The van der Waals surface area contributed by atoms with Crippen molar-refractivity contribution in [2.45, 2.75) is 11.8 Å². The number of thioether (sulfide) groups is 1. The number of carbonyl (C=O) groups excluding carboxylic acids is 1. The van der Waals surface area contributed by atoms with Gasteiger partial charge in [0.15, 0.2) is 5.13 Å². The van der Waals surface area contributed by atoms with Gasteiger partial charge in [-0.2, -0.15) is 0 Å². The Bertz CT molecular complexity index is 1090. The van der Waals surface area contributed by atoms with Crippen LogP contribution in [0.25, 0.3) is 22.4 Å². The van der Waals surface area contributed by atoms with E-state index in [1.165, 1.54) is 39.8 Å². The lowest BCUT2D eigenvalue weighted by atomic mass is 10.0. The van der Waals surface area contributed by atoms with E-state index in [0.717, 1.165) is 16.2 Å². The van der Waals surface area contributed by atoms with Gasteiger partial charge in [0.25, 0.3) is 0 Å². The summed E-state index contributed by atoms with van der Waals surface area (Å²) in [5.74, 6) is 0.319. The lowest BCUT2D eigenvalue weighted by molar-refractivity contribution is -0.113. The molecule has 0 aliphatic heterocycles. The van der Waals surface area contributed by atoms with E-state index in [1.54, 1.807) is 0 Å². The molecule has 0 saturated heterocycles. The van der Waals surface area contributed by atoms with Crippen molar-refractivity contribution < 1.29 is 4.79 Å². The Morgan fingerprint density at radius 3 is 2.28 bits per heavy atom. The average Bonchev–Trinajstić information content (AvgIpc) is 3.22. The summed E-state index contributed by atoms with van der Waals surface area (Å²) in [5, 5.41) is 5.50. The van der Waals surface area contributed by atoms with Crippen molar-refractivity contribution in [2.24, 2.45) is 0 Å². The van der Waals surface area contributed by atoms with Crippen LogP contribution in [0, 0.1) is 6.92 Å². The minimum Gasteiger partial charge on any atom is -0.301 e. The largest absolute Gasteiger partial charge is 0.301 e. The molecule has 1 aromatic heterocycles. The molecule has 0 fully saturated rings. The van der Waals surface area contributed by atoms with E-state index in [1.807, 2.05) is 35.7 Å². The molecule has 4 aromatic rings. The first kappa shape index (κ1) is 19.4. The topological polar surface area (TPSA) is 42.0 Å². The van der Waals surface area contributed by atoms with Gasteiger partial charge in [0.2, 0.25) is 5.91 Å². The number of aryl methyl sites for hydroxylation is 1. The van der Waals surface area contributed by atoms with Gasteiger partial charge in [0.05, 0.1) is 11.4 Å². The summed E-state index contributed by atoms with van der Waals surface area (Å²) in [4.78, 5) is 17.9. The van der Waals surface area contributed by atoms with Gasteiger partial charge in [-0.15, -0.1) is 23.1 Å². The van der Waals surface area contributed by atoms with E-state index in [4.69, 9.17) is 0 Å². The Balaban J connectivity index is 1.36. The molecule has 1 N–H and O–H groups in total. The zero-order valence-electron chi connectivity index (χ0n) is 16.0. The molecule has 0 bridgehead atoms. The maximum atomic E-state index is 12.2. The third-order valence-electron chi connectivity index (χ3n) is 4.43. The fourth-order valence-electron chi connectivity index (χ4n) is 2.87. The average molecular weight is 417 g/mol.